The topological polar surface area (TPSA) is 64.1 Å². The van der Waals surface area contributed by atoms with Gasteiger partial charge < -0.3 is 0 Å². The fraction of sp³-hybridized carbons (Fsp3) is 0.300. The third-order valence-electron chi connectivity index (χ3n) is 5.26. The van der Waals surface area contributed by atoms with E-state index in [4.69, 9.17) is 0 Å². The van der Waals surface area contributed by atoms with E-state index in [-0.39, 0.29) is 0 Å². The van der Waals surface area contributed by atoms with Crippen molar-refractivity contribution in [3.05, 3.63) is 66.7 Å². The van der Waals surface area contributed by atoms with Crippen LogP contribution in [0.25, 0.3) is 16.9 Å². The maximum absolute atomic E-state index is 4.45. The Balaban J connectivity index is 1.24. The van der Waals surface area contributed by atoms with Crippen LogP contribution in [0.3, 0.4) is 0 Å². The lowest BCUT2D eigenvalue weighted by atomic mass is 10.0. The Morgan fingerprint density at radius 2 is 1.89 bits per heavy atom. The lowest BCUT2D eigenvalue weighted by Crippen LogP contribution is -2.34. The van der Waals surface area contributed by atoms with E-state index in [0.717, 1.165) is 49.4 Å². The van der Waals surface area contributed by atoms with E-state index in [1.165, 1.54) is 5.56 Å². The van der Waals surface area contributed by atoms with Crippen LogP contribution in [-0.4, -0.2) is 47.6 Å². The molecule has 4 aromatic rings. The second kappa shape index (κ2) is 6.92. The van der Waals surface area contributed by atoms with Crippen LogP contribution in [0.4, 0.5) is 0 Å². The van der Waals surface area contributed by atoms with E-state index in [1.54, 1.807) is 0 Å². The van der Waals surface area contributed by atoms with Crippen molar-refractivity contribution in [3.63, 3.8) is 0 Å². The summed E-state index contributed by atoms with van der Waals surface area (Å²) in [6.07, 6.45) is 9.91. The van der Waals surface area contributed by atoms with Crippen molar-refractivity contribution < 1.29 is 0 Å². The number of benzene rings is 1. The van der Waals surface area contributed by atoms with Gasteiger partial charge in [-0.15, -0.1) is 5.10 Å². The van der Waals surface area contributed by atoms with E-state index in [1.807, 2.05) is 52.1 Å². The number of hydrogen-bond donors (Lipinski definition) is 0. The number of likely N-dealkylation sites (tertiary alicyclic amines) is 1. The van der Waals surface area contributed by atoms with E-state index < -0.39 is 0 Å². The molecule has 0 bridgehead atoms. The molecule has 0 aliphatic carbocycles. The lowest BCUT2D eigenvalue weighted by molar-refractivity contribution is 0.172. The van der Waals surface area contributed by atoms with Crippen molar-refractivity contribution in [1.29, 1.82) is 0 Å². The van der Waals surface area contributed by atoms with E-state index >= 15 is 0 Å². The van der Waals surface area contributed by atoms with Crippen LogP contribution in [0.2, 0.25) is 0 Å². The molecule has 1 aliphatic heterocycles. The summed E-state index contributed by atoms with van der Waals surface area (Å²) in [7, 11) is 0. The molecule has 1 aromatic carbocycles. The monoisotopic (exact) mass is 359 g/mol. The van der Waals surface area contributed by atoms with Gasteiger partial charge in [0.2, 0.25) is 0 Å². The maximum atomic E-state index is 4.45. The number of aromatic nitrogens is 6. The smallest absolute Gasteiger partial charge is 0.159 e. The third-order valence-corrected chi connectivity index (χ3v) is 5.26. The molecule has 0 radical (unpaired) electrons. The van der Waals surface area contributed by atoms with Crippen LogP contribution >= 0.6 is 0 Å². The Hall–Kier alpha value is -3.06. The van der Waals surface area contributed by atoms with Gasteiger partial charge in [0, 0.05) is 43.2 Å². The molecule has 0 amide bonds. The highest BCUT2D eigenvalue weighted by Crippen LogP contribution is 2.25. The fourth-order valence-electron chi connectivity index (χ4n) is 3.77. The summed E-state index contributed by atoms with van der Waals surface area (Å²) in [5, 5.41) is 13.1. The molecular formula is C20H21N7. The summed E-state index contributed by atoms with van der Waals surface area (Å²) < 4.78 is 3.87. The van der Waals surface area contributed by atoms with Crippen molar-refractivity contribution in [2.24, 2.45) is 0 Å². The zero-order valence-corrected chi connectivity index (χ0v) is 15.0. The molecule has 1 fully saturated rings. The second-order valence-corrected chi connectivity index (χ2v) is 7.01. The lowest BCUT2D eigenvalue weighted by Gasteiger charge is -2.31. The first-order valence-electron chi connectivity index (χ1n) is 9.34. The molecule has 0 atom stereocenters. The van der Waals surface area contributed by atoms with Gasteiger partial charge in [-0.1, -0.05) is 35.5 Å². The van der Waals surface area contributed by atoms with Crippen molar-refractivity contribution in [3.8, 4) is 11.3 Å². The molecule has 0 saturated carbocycles. The third kappa shape index (κ3) is 3.21. The summed E-state index contributed by atoms with van der Waals surface area (Å²) in [5.74, 6) is 0. The molecule has 4 heterocycles. The van der Waals surface area contributed by atoms with Gasteiger partial charge in [-0.05, 0) is 18.9 Å². The van der Waals surface area contributed by atoms with Gasteiger partial charge in [-0.2, -0.15) is 5.10 Å². The predicted molar refractivity (Wildman–Crippen MR) is 102 cm³/mol. The summed E-state index contributed by atoms with van der Waals surface area (Å²) in [4.78, 5) is 6.92. The van der Waals surface area contributed by atoms with Crippen LogP contribution in [-0.2, 0) is 6.54 Å². The zero-order chi connectivity index (χ0) is 18.1. The average molecular weight is 359 g/mol. The average Bonchev–Trinajstić information content (AvgIpc) is 3.37. The summed E-state index contributed by atoms with van der Waals surface area (Å²) >= 11 is 0. The normalized spacial score (nSPS) is 16.1. The second-order valence-electron chi connectivity index (χ2n) is 7.01. The quantitative estimate of drug-likeness (QED) is 0.561. The molecule has 7 heteroatoms. The first-order chi connectivity index (χ1) is 13.4. The molecule has 0 spiro atoms. The van der Waals surface area contributed by atoms with E-state index in [2.05, 4.69) is 43.6 Å². The van der Waals surface area contributed by atoms with E-state index in [0.29, 0.717) is 6.04 Å². The molecule has 27 heavy (non-hydrogen) atoms. The number of hydrogen-bond acceptors (Lipinski definition) is 5. The van der Waals surface area contributed by atoms with Gasteiger partial charge in [0.15, 0.2) is 5.65 Å². The molecule has 136 valence electrons. The van der Waals surface area contributed by atoms with Crippen molar-refractivity contribution >= 4 is 5.65 Å². The molecule has 7 nitrogen and oxygen atoms in total. The predicted octanol–water partition coefficient (Wildman–Crippen LogP) is 2.82. The number of piperidine rings is 1. The first-order valence-corrected chi connectivity index (χ1v) is 9.34. The Morgan fingerprint density at radius 1 is 1.04 bits per heavy atom. The van der Waals surface area contributed by atoms with Gasteiger partial charge in [0.05, 0.1) is 18.4 Å². The van der Waals surface area contributed by atoms with Crippen molar-refractivity contribution in [2.45, 2.75) is 25.4 Å². The van der Waals surface area contributed by atoms with Crippen molar-refractivity contribution in [1.82, 2.24) is 34.5 Å². The van der Waals surface area contributed by atoms with Crippen LogP contribution in [0.5, 0.6) is 0 Å². The van der Waals surface area contributed by atoms with Crippen LogP contribution in [0, 0.1) is 0 Å². The SMILES string of the molecule is c1ccc(-c2cn(C3CCN(Cc4cnn5cccnc45)CC3)nn2)cc1. The number of rotatable bonds is 4. The molecule has 5 rings (SSSR count). The van der Waals surface area contributed by atoms with Crippen LogP contribution in [0.15, 0.2) is 61.2 Å². The van der Waals surface area contributed by atoms with E-state index in [9.17, 15) is 0 Å². The molecule has 3 aromatic heterocycles. The fourth-order valence-corrected chi connectivity index (χ4v) is 3.77. The maximum Gasteiger partial charge on any atom is 0.159 e. The highest BCUT2D eigenvalue weighted by Gasteiger charge is 2.22. The number of nitrogens with zero attached hydrogens (tertiary/aromatic N) is 7. The van der Waals surface area contributed by atoms with Gasteiger partial charge in [0.25, 0.3) is 0 Å². The molecule has 0 unspecified atom stereocenters. The van der Waals surface area contributed by atoms with Gasteiger partial charge in [0.1, 0.15) is 5.69 Å². The molecule has 1 saturated heterocycles. The first kappa shape index (κ1) is 16.1. The summed E-state index contributed by atoms with van der Waals surface area (Å²) in [6, 6.07) is 12.5. The Morgan fingerprint density at radius 3 is 2.74 bits per heavy atom. The number of fused-ring (bicyclic) bond motifs is 1. The zero-order valence-electron chi connectivity index (χ0n) is 15.0. The van der Waals surface area contributed by atoms with Gasteiger partial charge >= 0.3 is 0 Å². The Bertz CT molecular complexity index is 1030. The van der Waals surface area contributed by atoms with Crippen LogP contribution in [0.1, 0.15) is 24.4 Å². The highest BCUT2D eigenvalue weighted by molar-refractivity contribution is 5.57. The highest BCUT2D eigenvalue weighted by atomic mass is 15.4. The molecular weight excluding hydrogens is 338 g/mol. The Kier molecular flexibility index (Phi) is 4.14. The summed E-state index contributed by atoms with van der Waals surface area (Å²) in [5.41, 5.74) is 4.18. The minimum absolute atomic E-state index is 0.410. The molecule has 1 aliphatic rings. The minimum atomic E-state index is 0.410. The Labute approximate surface area is 157 Å². The van der Waals surface area contributed by atoms with Crippen LogP contribution < -0.4 is 0 Å². The van der Waals surface area contributed by atoms with Crippen molar-refractivity contribution in [2.75, 3.05) is 13.1 Å². The minimum Gasteiger partial charge on any atom is -0.299 e. The molecule has 0 N–H and O–H groups in total. The summed E-state index contributed by atoms with van der Waals surface area (Å²) in [6.45, 7) is 2.96. The van der Waals surface area contributed by atoms with Gasteiger partial charge in [-0.25, -0.2) is 14.2 Å². The standard InChI is InChI=1S/C20H21N7/c1-2-5-16(6-3-1)19-15-27(24-23-19)18-7-11-25(12-8-18)14-17-13-22-26-10-4-9-21-20(17)26/h1-6,9-10,13,15,18H,7-8,11-12,14H2. The largest absolute Gasteiger partial charge is 0.299 e. The van der Waals surface area contributed by atoms with Gasteiger partial charge in [-0.3, -0.25) is 4.90 Å².